The van der Waals surface area contributed by atoms with Crippen LogP contribution in [0, 0.1) is 5.82 Å². The van der Waals surface area contributed by atoms with Crippen LogP contribution in [0.15, 0.2) is 53.6 Å². The van der Waals surface area contributed by atoms with Crippen LogP contribution in [0.4, 0.5) is 22.0 Å². The third-order valence-electron chi connectivity index (χ3n) is 6.81. The second kappa shape index (κ2) is 11.4. The summed E-state index contributed by atoms with van der Waals surface area (Å²) in [4.78, 5) is 24.8. The monoisotopic (exact) mass is 622 g/mol. The van der Waals surface area contributed by atoms with E-state index in [1.165, 1.54) is 19.4 Å². The molecule has 5 rings (SSSR count). The van der Waals surface area contributed by atoms with Crippen LogP contribution < -0.4 is 14.8 Å². The molecule has 0 unspecified atom stereocenters. The first-order chi connectivity index (χ1) is 20.3. The molecule has 0 aliphatic carbocycles. The third kappa shape index (κ3) is 5.68. The van der Waals surface area contributed by atoms with Crippen LogP contribution in [0.2, 0.25) is 0 Å². The van der Waals surface area contributed by atoms with E-state index in [-0.39, 0.29) is 24.6 Å². The van der Waals surface area contributed by atoms with E-state index in [1.807, 2.05) is 0 Å². The molecular formula is C28H23F5N4O5S. The molecule has 1 amide bonds. The molecule has 4 aromatic rings. The van der Waals surface area contributed by atoms with Gasteiger partial charge in [-0.2, -0.15) is 0 Å². The normalized spacial score (nSPS) is 17.4. The summed E-state index contributed by atoms with van der Waals surface area (Å²) < 4.78 is 105. The summed E-state index contributed by atoms with van der Waals surface area (Å²) in [6.07, 6.45) is -2.30. The Balaban J connectivity index is 1.39. The quantitative estimate of drug-likeness (QED) is 0.284. The van der Waals surface area contributed by atoms with Gasteiger partial charge in [0.25, 0.3) is 12.3 Å². The summed E-state index contributed by atoms with van der Waals surface area (Å²) in [5, 5.41) is 3.12. The van der Waals surface area contributed by atoms with Gasteiger partial charge in [0.05, 0.1) is 48.4 Å². The number of rotatable bonds is 7. The standard InChI is InChI=1S/C28H23F5N4O5S/c1-28(33,27(31)32)22-6-4-17(26(37-22)41-2)19-5-3-14-12-34-16(11-20(14)36-19)13-35-25(38)15-9-18(29)24-21(10-15)43(39,40)23(30)7-8-42-24/h3-6,9-12,23,27H,7-8,13H2,1-2H3,(H,35,38)/t23-,28+/m1/s1. The fourth-order valence-electron chi connectivity index (χ4n) is 4.35. The summed E-state index contributed by atoms with van der Waals surface area (Å²) in [6.45, 7) is 0.208. The molecule has 0 saturated heterocycles. The van der Waals surface area contributed by atoms with E-state index >= 15 is 0 Å². The number of hydrogen-bond acceptors (Lipinski definition) is 8. The number of nitrogens with zero attached hydrogens (tertiary/aromatic N) is 3. The molecule has 3 aromatic heterocycles. The maximum Gasteiger partial charge on any atom is 0.277 e. The molecule has 0 saturated carbocycles. The van der Waals surface area contributed by atoms with E-state index in [2.05, 4.69) is 20.3 Å². The van der Waals surface area contributed by atoms with Gasteiger partial charge >= 0.3 is 0 Å². The predicted octanol–water partition coefficient (Wildman–Crippen LogP) is 5.07. The molecule has 1 aromatic carbocycles. The second-order valence-corrected chi connectivity index (χ2v) is 11.8. The molecule has 43 heavy (non-hydrogen) atoms. The van der Waals surface area contributed by atoms with Crippen molar-refractivity contribution in [1.82, 2.24) is 20.3 Å². The number of pyridine rings is 3. The van der Waals surface area contributed by atoms with Gasteiger partial charge in [-0.15, -0.1) is 0 Å². The zero-order valence-electron chi connectivity index (χ0n) is 22.6. The number of carbonyl (C=O) groups is 1. The number of carbonyl (C=O) groups excluding carboxylic acids is 1. The van der Waals surface area contributed by atoms with Crippen molar-refractivity contribution in [3.8, 4) is 22.9 Å². The van der Waals surface area contributed by atoms with Crippen molar-refractivity contribution in [2.75, 3.05) is 13.7 Å². The van der Waals surface area contributed by atoms with E-state index in [4.69, 9.17) is 9.47 Å². The highest BCUT2D eigenvalue weighted by molar-refractivity contribution is 7.92. The van der Waals surface area contributed by atoms with Crippen LogP contribution in [0.1, 0.15) is 35.1 Å². The Morgan fingerprint density at radius 2 is 1.95 bits per heavy atom. The van der Waals surface area contributed by atoms with Gasteiger partial charge in [0.2, 0.25) is 26.9 Å². The fraction of sp³-hybridized carbons (Fsp3) is 0.286. The molecule has 2 atom stereocenters. The highest BCUT2D eigenvalue weighted by atomic mass is 32.2. The predicted molar refractivity (Wildman–Crippen MR) is 144 cm³/mol. The maximum atomic E-state index is 14.7. The van der Waals surface area contributed by atoms with Crippen molar-refractivity contribution in [3.05, 3.63) is 71.4 Å². The highest BCUT2D eigenvalue weighted by Crippen LogP contribution is 2.37. The summed E-state index contributed by atoms with van der Waals surface area (Å²) in [5.74, 6) is -2.72. The number of ether oxygens (including phenoxy) is 2. The van der Waals surface area contributed by atoms with Crippen molar-refractivity contribution < 1.29 is 44.6 Å². The highest BCUT2D eigenvalue weighted by Gasteiger charge is 2.39. The molecule has 0 radical (unpaired) electrons. The van der Waals surface area contributed by atoms with Gasteiger partial charge in [-0.1, -0.05) is 0 Å². The number of sulfone groups is 1. The average molecular weight is 623 g/mol. The minimum absolute atomic E-state index is 0.116. The van der Waals surface area contributed by atoms with Crippen LogP contribution >= 0.6 is 0 Å². The Morgan fingerprint density at radius 1 is 1.19 bits per heavy atom. The van der Waals surface area contributed by atoms with Crippen LogP contribution in [0.5, 0.6) is 11.6 Å². The topological polar surface area (TPSA) is 120 Å². The third-order valence-corrected chi connectivity index (χ3v) is 8.63. The second-order valence-electron chi connectivity index (χ2n) is 9.75. The number of fused-ring (bicyclic) bond motifs is 2. The van der Waals surface area contributed by atoms with E-state index in [9.17, 15) is 35.2 Å². The number of nitrogens with one attached hydrogen (secondary N) is 1. The number of alkyl halides is 4. The Hall–Kier alpha value is -4.40. The number of methoxy groups -OCH3 is 1. The van der Waals surface area contributed by atoms with E-state index in [0.29, 0.717) is 27.9 Å². The first kappa shape index (κ1) is 30.1. The smallest absolute Gasteiger partial charge is 0.277 e. The van der Waals surface area contributed by atoms with Gasteiger partial charge < -0.3 is 14.8 Å². The number of halogens is 5. The van der Waals surface area contributed by atoms with Gasteiger partial charge in [-0.3, -0.25) is 9.78 Å². The maximum absolute atomic E-state index is 14.7. The molecule has 15 heteroatoms. The Bertz CT molecular complexity index is 1840. The number of aromatic nitrogens is 3. The van der Waals surface area contributed by atoms with Crippen LogP contribution in [0.3, 0.4) is 0 Å². The van der Waals surface area contributed by atoms with Gasteiger partial charge in [-0.25, -0.2) is 40.3 Å². The lowest BCUT2D eigenvalue weighted by Gasteiger charge is -2.20. The Kier molecular flexibility index (Phi) is 7.94. The van der Waals surface area contributed by atoms with Crippen molar-refractivity contribution in [2.45, 2.75) is 42.4 Å². The lowest BCUT2D eigenvalue weighted by molar-refractivity contribution is -0.0288. The van der Waals surface area contributed by atoms with Crippen LogP contribution in [0.25, 0.3) is 22.2 Å². The largest absolute Gasteiger partial charge is 0.489 e. The van der Waals surface area contributed by atoms with Crippen molar-refractivity contribution in [3.63, 3.8) is 0 Å². The van der Waals surface area contributed by atoms with Crippen molar-refractivity contribution >= 4 is 26.6 Å². The zero-order chi connectivity index (χ0) is 31.1. The molecule has 1 aliphatic heterocycles. The minimum atomic E-state index is -4.57. The molecule has 0 spiro atoms. The number of benzene rings is 1. The fourth-order valence-corrected chi connectivity index (χ4v) is 5.74. The molecule has 9 nitrogen and oxygen atoms in total. The van der Waals surface area contributed by atoms with E-state index < -0.39 is 61.9 Å². The summed E-state index contributed by atoms with van der Waals surface area (Å²) in [7, 11) is -3.31. The molecule has 4 heterocycles. The molecule has 0 fully saturated rings. The minimum Gasteiger partial charge on any atom is -0.489 e. The van der Waals surface area contributed by atoms with E-state index in [1.54, 1.807) is 18.2 Å². The first-order valence-electron chi connectivity index (χ1n) is 12.7. The average Bonchev–Trinajstić information content (AvgIpc) is 3.10. The van der Waals surface area contributed by atoms with Gasteiger partial charge in [0, 0.05) is 23.6 Å². The van der Waals surface area contributed by atoms with Gasteiger partial charge in [-0.05, 0) is 49.4 Å². The lowest BCUT2D eigenvalue weighted by Crippen LogP contribution is -2.26. The van der Waals surface area contributed by atoms with E-state index in [0.717, 1.165) is 25.1 Å². The number of amides is 1. The lowest BCUT2D eigenvalue weighted by atomic mass is 10.0. The van der Waals surface area contributed by atoms with Crippen LogP contribution in [-0.4, -0.2) is 54.9 Å². The van der Waals surface area contributed by atoms with Gasteiger partial charge in [0.1, 0.15) is 4.90 Å². The Labute approximate surface area is 242 Å². The number of hydrogen-bond donors (Lipinski definition) is 1. The molecule has 1 N–H and O–H groups in total. The summed E-state index contributed by atoms with van der Waals surface area (Å²) >= 11 is 0. The summed E-state index contributed by atoms with van der Waals surface area (Å²) in [5.41, 5.74) is -4.78. The molecule has 226 valence electrons. The summed E-state index contributed by atoms with van der Waals surface area (Å²) in [6, 6.07) is 8.99. The molecular weight excluding hydrogens is 599 g/mol. The van der Waals surface area contributed by atoms with Crippen LogP contribution in [-0.2, 0) is 22.1 Å². The zero-order valence-corrected chi connectivity index (χ0v) is 23.4. The molecule has 0 bridgehead atoms. The first-order valence-corrected chi connectivity index (χ1v) is 14.3. The van der Waals surface area contributed by atoms with Crippen molar-refractivity contribution in [2.24, 2.45) is 0 Å². The van der Waals surface area contributed by atoms with Gasteiger partial charge in [0.15, 0.2) is 11.6 Å². The van der Waals surface area contributed by atoms with Crippen molar-refractivity contribution in [1.29, 1.82) is 0 Å². The SMILES string of the molecule is COc1nc([C@](C)(F)C(F)F)ccc1-c1ccc2cnc(CNC(=O)c3cc(F)c4c(c3)S(=O)(=O)[C@@H](F)CCO4)cc2n1. The molecule has 1 aliphatic rings. The Morgan fingerprint density at radius 3 is 2.67 bits per heavy atom.